The maximum Gasteiger partial charge on any atom is 0.335 e. The molecule has 0 bridgehead atoms. The zero-order valence-electron chi connectivity index (χ0n) is 8.74. The van der Waals surface area contributed by atoms with Crippen LogP contribution < -0.4 is 0 Å². The Kier molecular flexibility index (Phi) is 2.93. The minimum absolute atomic E-state index is 0.137. The molecule has 1 aliphatic rings. The minimum Gasteiger partial charge on any atom is -0.333 e. The second-order valence-corrected chi connectivity index (χ2v) is 3.87. The summed E-state index contributed by atoms with van der Waals surface area (Å²) in [4.78, 5) is 27.6. The van der Waals surface area contributed by atoms with Crippen LogP contribution in [0.3, 0.4) is 0 Å². The molecular weight excluding hydrogens is 182 g/mol. The third-order valence-electron chi connectivity index (χ3n) is 2.10. The van der Waals surface area contributed by atoms with Crippen LogP contribution >= 0.6 is 0 Å². The Morgan fingerprint density at radius 1 is 1.64 bits per heavy atom. The average Bonchev–Trinajstić information content (AvgIpc) is 2.32. The molecule has 78 valence electrons. The predicted molar refractivity (Wildman–Crippen MR) is 50.7 cm³/mol. The van der Waals surface area contributed by atoms with Gasteiger partial charge in [0.1, 0.15) is 0 Å². The molecule has 4 heteroatoms. The number of carbonyl (C=O) groups excluding carboxylic acids is 2. The molecule has 0 saturated carbocycles. The maximum atomic E-state index is 11.5. The van der Waals surface area contributed by atoms with Gasteiger partial charge >= 0.3 is 5.97 Å². The van der Waals surface area contributed by atoms with Crippen LogP contribution in [0.15, 0.2) is 12.3 Å². The molecule has 14 heavy (non-hydrogen) atoms. The molecule has 0 radical (unpaired) electrons. The second kappa shape index (κ2) is 3.82. The zero-order chi connectivity index (χ0) is 10.9. The average molecular weight is 197 g/mol. The summed E-state index contributed by atoms with van der Waals surface area (Å²) in [7, 11) is 0. The highest BCUT2D eigenvalue weighted by molar-refractivity contribution is 5.84. The highest BCUT2D eigenvalue weighted by atomic mass is 16.7. The van der Waals surface area contributed by atoms with Crippen LogP contribution in [-0.2, 0) is 14.4 Å². The van der Waals surface area contributed by atoms with E-state index in [1.54, 1.807) is 20.8 Å². The molecule has 0 aromatic carbocycles. The van der Waals surface area contributed by atoms with Crippen molar-refractivity contribution >= 4 is 11.9 Å². The lowest BCUT2D eigenvalue weighted by atomic mass is 10.1. The van der Waals surface area contributed by atoms with Crippen LogP contribution in [0.25, 0.3) is 0 Å². The van der Waals surface area contributed by atoms with E-state index in [0.717, 1.165) is 5.06 Å². The summed E-state index contributed by atoms with van der Waals surface area (Å²) in [5, 5.41) is 1.02. The molecule has 1 atom stereocenters. The highest BCUT2D eigenvalue weighted by Crippen LogP contribution is 2.26. The van der Waals surface area contributed by atoms with E-state index in [4.69, 9.17) is 4.84 Å². The summed E-state index contributed by atoms with van der Waals surface area (Å²) >= 11 is 0. The normalized spacial score (nSPS) is 22.0. The molecule has 0 aliphatic carbocycles. The van der Waals surface area contributed by atoms with Gasteiger partial charge < -0.3 is 4.84 Å². The summed E-state index contributed by atoms with van der Waals surface area (Å²) in [6.07, 6.45) is 0.560. The zero-order valence-corrected chi connectivity index (χ0v) is 8.74. The van der Waals surface area contributed by atoms with E-state index >= 15 is 0 Å². The standard InChI is InChI=1S/C10H15NO3/c1-6(2)10(13)14-11-8(4)5-7(3)9(11)12/h6-7H,4-5H2,1-3H3. The van der Waals surface area contributed by atoms with Crippen molar-refractivity contribution in [2.45, 2.75) is 27.2 Å². The number of hydroxylamine groups is 2. The molecule has 1 saturated heterocycles. The largest absolute Gasteiger partial charge is 0.335 e. The fourth-order valence-electron chi connectivity index (χ4n) is 1.18. The predicted octanol–water partition coefficient (Wildman–Crippen LogP) is 1.48. The Bertz CT molecular complexity index is 283. The Labute approximate surface area is 83.5 Å². The Hall–Kier alpha value is -1.32. The van der Waals surface area contributed by atoms with Crippen molar-refractivity contribution in [3.63, 3.8) is 0 Å². The molecule has 1 aliphatic heterocycles. The topological polar surface area (TPSA) is 46.6 Å². The number of hydrogen-bond acceptors (Lipinski definition) is 3. The first-order valence-electron chi connectivity index (χ1n) is 4.67. The number of nitrogens with zero attached hydrogens (tertiary/aromatic N) is 1. The van der Waals surface area contributed by atoms with Crippen LogP contribution in [0.2, 0.25) is 0 Å². The van der Waals surface area contributed by atoms with Crippen LogP contribution in [-0.4, -0.2) is 16.9 Å². The van der Waals surface area contributed by atoms with E-state index < -0.39 is 5.97 Å². The van der Waals surface area contributed by atoms with Crippen molar-refractivity contribution in [2.75, 3.05) is 0 Å². The van der Waals surface area contributed by atoms with Gasteiger partial charge in [0.05, 0.1) is 11.6 Å². The molecule has 0 spiro atoms. The highest BCUT2D eigenvalue weighted by Gasteiger charge is 2.34. The molecule has 0 N–H and O–H groups in total. The van der Waals surface area contributed by atoms with Crippen molar-refractivity contribution in [2.24, 2.45) is 11.8 Å². The van der Waals surface area contributed by atoms with Crippen LogP contribution in [0.1, 0.15) is 27.2 Å². The van der Waals surface area contributed by atoms with Gasteiger partial charge in [0.25, 0.3) is 5.91 Å². The SMILES string of the molecule is C=C1CC(C)C(=O)N1OC(=O)C(C)C. The van der Waals surface area contributed by atoms with Crippen molar-refractivity contribution in [1.82, 2.24) is 5.06 Å². The summed E-state index contributed by atoms with van der Waals surface area (Å²) in [5.41, 5.74) is 0.552. The monoisotopic (exact) mass is 197 g/mol. The van der Waals surface area contributed by atoms with Gasteiger partial charge in [-0.2, -0.15) is 0 Å². The fourth-order valence-corrected chi connectivity index (χ4v) is 1.18. The third-order valence-corrected chi connectivity index (χ3v) is 2.10. The minimum atomic E-state index is -0.409. The van der Waals surface area contributed by atoms with E-state index in [2.05, 4.69) is 6.58 Å². The number of amides is 1. The number of carbonyl (C=O) groups is 2. The van der Waals surface area contributed by atoms with Gasteiger partial charge in [-0.05, 0) is 0 Å². The van der Waals surface area contributed by atoms with Crippen molar-refractivity contribution in [3.8, 4) is 0 Å². The van der Waals surface area contributed by atoms with Gasteiger partial charge in [0, 0.05) is 12.3 Å². The van der Waals surface area contributed by atoms with Gasteiger partial charge in [-0.25, -0.2) is 4.79 Å². The number of allylic oxidation sites excluding steroid dienone is 1. The van der Waals surface area contributed by atoms with Gasteiger partial charge in [-0.1, -0.05) is 27.4 Å². The summed E-state index contributed by atoms with van der Waals surface area (Å²) in [6, 6.07) is 0. The molecule has 4 nitrogen and oxygen atoms in total. The smallest absolute Gasteiger partial charge is 0.333 e. The van der Waals surface area contributed by atoms with E-state index in [1.165, 1.54) is 0 Å². The van der Waals surface area contributed by atoms with Crippen LogP contribution in [0.5, 0.6) is 0 Å². The van der Waals surface area contributed by atoms with Gasteiger partial charge in [0.15, 0.2) is 0 Å². The third kappa shape index (κ3) is 1.95. The first-order valence-corrected chi connectivity index (χ1v) is 4.67. The molecular formula is C10H15NO3. The van der Waals surface area contributed by atoms with Crippen molar-refractivity contribution < 1.29 is 14.4 Å². The quantitative estimate of drug-likeness (QED) is 0.673. The number of hydrogen-bond donors (Lipinski definition) is 0. The van der Waals surface area contributed by atoms with E-state index in [0.29, 0.717) is 12.1 Å². The molecule has 0 aromatic rings. The van der Waals surface area contributed by atoms with Crippen molar-refractivity contribution in [3.05, 3.63) is 12.3 Å². The lowest BCUT2D eigenvalue weighted by molar-refractivity contribution is -0.190. The van der Waals surface area contributed by atoms with Crippen molar-refractivity contribution in [1.29, 1.82) is 0 Å². The molecule has 1 amide bonds. The van der Waals surface area contributed by atoms with Crippen LogP contribution in [0.4, 0.5) is 0 Å². The fraction of sp³-hybridized carbons (Fsp3) is 0.600. The maximum absolute atomic E-state index is 11.5. The van der Waals surface area contributed by atoms with Gasteiger partial charge in [0.2, 0.25) is 0 Å². The summed E-state index contributed by atoms with van der Waals surface area (Å²) in [5.74, 6) is -0.980. The second-order valence-electron chi connectivity index (χ2n) is 3.87. The van der Waals surface area contributed by atoms with E-state index in [9.17, 15) is 9.59 Å². The van der Waals surface area contributed by atoms with Crippen LogP contribution in [0, 0.1) is 11.8 Å². The Balaban J connectivity index is 2.65. The summed E-state index contributed by atoms with van der Waals surface area (Å²) in [6.45, 7) is 8.90. The lowest BCUT2D eigenvalue weighted by Gasteiger charge is -2.17. The Morgan fingerprint density at radius 2 is 2.21 bits per heavy atom. The van der Waals surface area contributed by atoms with Gasteiger partial charge in [-0.3, -0.25) is 4.79 Å². The van der Waals surface area contributed by atoms with Gasteiger partial charge in [-0.15, -0.1) is 5.06 Å². The first kappa shape index (κ1) is 10.8. The number of rotatable bonds is 2. The molecule has 0 aromatic heterocycles. The first-order chi connectivity index (χ1) is 6.43. The molecule has 1 fully saturated rings. The summed E-state index contributed by atoms with van der Waals surface area (Å²) < 4.78 is 0. The van der Waals surface area contributed by atoms with E-state index in [-0.39, 0.29) is 17.7 Å². The Morgan fingerprint density at radius 3 is 2.57 bits per heavy atom. The molecule has 1 rings (SSSR count). The lowest BCUT2D eigenvalue weighted by Crippen LogP contribution is -2.30. The van der Waals surface area contributed by atoms with E-state index in [1.807, 2.05) is 0 Å². The molecule has 1 heterocycles. The molecule has 1 unspecified atom stereocenters.